The van der Waals surface area contributed by atoms with Gasteiger partial charge in [0.15, 0.2) is 0 Å². The molecule has 0 aliphatic heterocycles. The smallest absolute Gasteiger partial charge is 0.434 e. The number of nitrogens with one attached hydrogen (secondary N) is 1. The molecule has 0 unspecified atom stereocenters. The third-order valence-electron chi connectivity index (χ3n) is 1.33. The molecule has 0 heterocycles. The predicted molar refractivity (Wildman–Crippen MR) is 53.8 cm³/mol. The van der Waals surface area contributed by atoms with Crippen LogP contribution in [0.15, 0.2) is 12.3 Å². The number of hydrazine groups is 1. The van der Waals surface area contributed by atoms with Crippen molar-refractivity contribution in [2.75, 3.05) is 13.2 Å². The lowest BCUT2D eigenvalue weighted by Crippen LogP contribution is -2.45. The second kappa shape index (κ2) is 7.11. The minimum Gasteiger partial charge on any atom is -0.449 e. The first-order valence-electron chi connectivity index (χ1n) is 4.56. The van der Waals surface area contributed by atoms with Gasteiger partial charge in [0.2, 0.25) is 0 Å². The normalized spacial score (nSPS) is 8.56. The Morgan fingerprint density at radius 3 is 2.38 bits per heavy atom. The van der Waals surface area contributed by atoms with Crippen molar-refractivity contribution < 1.29 is 19.1 Å². The lowest BCUT2D eigenvalue weighted by molar-refractivity contribution is 0.0895. The first-order chi connectivity index (χ1) is 7.56. The molecule has 88 valence electrons. The summed E-state index contributed by atoms with van der Waals surface area (Å²) < 4.78 is 9.16. The van der Waals surface area contributed by atoms with Crippen molar-refractivity contribution in [1.82, 2.24) is 10.4 Å². The van der Waals surface area contributed by atoms with Crippen LogP contribution < -0.4 is 5.43 Å². The number of carbonyl (C=O) groups excluding carboxylic acids is 2. The minimum atomic E-state index is -0.901. The molecule has 0 saturated carbocycles. The number of allylic oxidation sites excluding steroid dienone is 1. The van der Waals surface area contributed by atoms with Crippen molar-refractivity contribution in [3.63, 3.8) is 0 Å². The highest BCUT2D eigenvalue weighted by atomic mass is 16.6. The van der Waals surface area contributed by atoms with Gasteiger partial charge in [-0.1, -0.05) is 6.58 Å². The molecule has 0 aliphatic carbocycles. The maximum absolute atomic E-state index is 11.3. The number of hydrogen-bond donors (Lipinski definition) is 1. The van der Waals surface area contributed by atoms with Crippen LogP contribution in [0.5, 0.6) is 0 Å². The van der Waals surface area contributed by atoms with Gasteiger partial charge in [-0.05, 0) is 13.8 Å². The van der Waals surface area contributed by atoms with Gasteiger partial charge < -0.3 is 9.47 Å². The lowest BCUT2D eigenvalue weighted by atomic mass is 10.5. The molecule has 0 spiro atoms. The van der Waals surface area contributed by atoms with E-state index >= 15 is 0 Å². The van der Waals surface area contributed by atoms with Crippen LogP contribution in [0.25, 0.3) is 0 Å². The standard InChI is InChI=1S/C9H13N3O4/c1-4-15-8(13)11-12(7(3)6-10)9(14)16-5-2/h3-5H2,1-2H3,(H,11,13). The molecule has 0 bridgehead atoms. The molecule has 16 heavy (non-hydrogen) atoms. The Labute approximate surface area is 93.2 Å². The molecular formula is C9H13N3O4. The van der Waals surface area contributed by atoms with Gasteiger partial charge in [0.1, 0.15) is 11.8 Å². The highest BCUT2D eigenvalue weighted by molar-refractivity contribution is 5.76. The molecule has 7 heteroatoms. The van der Waals surface area contributed by atoms with E-state index in [0.29, 0.717) is 5.01 Å². The van der Waals surface area contributed by atoms with Crippen molar-refractivity contribution in [3.05, 3.63) is 12.3 Å². The number of carbonyl (C=O) groups is 2. The van der Waals surface area contributed by atoms with E-state index in [2.05, 4.69) is 16.1 Å². The van der Waals surface area contributed by atoms with E-state index in [1.165, 1.54) is 0 Å². The van der Waals surface area contributed by atoms with Gasteiger partial charge in [0.05, 0.1) is 13.2 Å². The van der Waals surface area contributed by atoms with Gasteiger partial charge in [-0.25, -0.2) is 15.0 Å². The van der Waals surface area contributed by atoms with Gasteiger partial charge in [-0.2, -0.15) is 10.3 Å². The van der Waals surface area contributed by atoms with Gasteiger partial charge in [0.25, 0.3) is 0 Å². The SMILES string of the molecule is C=C(C#N)N(NC(=O)OCC)C(=O)OCC. The molecular weight excluding hydrogens is 214 g/mol. The molecule has 7 nitrogen and oxygen atoms in total. The van der Waals surface area contributed by atoms with Crippen LogP contribution in [0.1, 0.15) is 13.8 Å². The van der Waals surface area contributed by atoms with Crippen molar-refractivity contribution in [3.8, 4) is 6.07 Å². The van der Waals surface area contributed by atoms with E-state index in [1.807, 2.05) is 5.43 Å². The van der Waals surface area contributed by atoms with E-state index in [4.69, 9.17) is 5.26 Å². The summed E-state index contributed by atoms with van der Waals surface area (Å²) in [5.74, 6) is 0. The average molecular weight is 227 g/mol. The summed E-state index contributed by atoms with van der Waals surface area (Å²) in [7, 11) is 0. The summed E-state index contributed by atoms with van der Waals surface area (Å²) in [5.41, 5.74) is 1.76. The Bertz CT molecular complexity index is 321. The molecule has 0 atom stereocenters. The fourth-order valence-corrected chi connectivity index (χ4v) is 0.716. The van der Waals surface area contributed by atoms with Crippen LogP contribution >= 0.6 is 0 Å². The van der Waals surface area contributed by atoms with Crippen LogP contribution in [0, 0.1) is 11.3 Å². The maximum Gasteiger partial charge on any atom is 0.434 e. The van der Waals surface area contributed by atoms with Crippen molar-refractivity contribution >= 4 is 12.2 Å². The number of amides is 2. The molecule has 0 radical (unpaired) electrons. The lowest BCUT2D eigenvalue weighted by Gasteiger charge is -2.19. The van der Waals surface area contributed by atoms with Crippen molar-refractivity contribution in [1.29, 1.82) is 5.26 Å². The molecule has 1 N–H and O–H groups in total. The number of nitrogens with zero attached hydrogens (tertiary/aromatic N) is 2. The molecule has 2 amide bonds. The average Bonchev–Trinajstić information content (AvgIpc) is 2.25. The van der Waals surface area contributed by atoms with Crippen LogP contribution in [0.3, 0.4) is 0 Å². The van der Waals surface area contributed by atoms with Crippen molar-refractivity contribution in [2.24, 2.45) is 0 Å². The van der Waals surface area contributed by atoms with E-state index < -0.39 is 12.2 Å². The molecule has 0 aromatic heterocycles. The Hall–Kier alpha value is -2.23. The summed E-state index contributed by atoms with van der Waals surface area (Å²) in [6.07, 6.45) is -1.77. The van der Waals surface area contributed by atoms with Gasteiger partial charge in [-0.3, -0.25) is 0 Å². The fourth-order valence-electron chi connectivity index (χ4n) is 0.716. The number of hydrogen-bond acceptors (Lipinski definition) is 5. The van der Waals surface area contributed by atoms with Crippen LogP contribution in [0.4, 0.5) is 9.59 Å². The Morgan fingerprint density at radius 1 is 1.38 bits per heavy atom. The maximum atomic E-state index is 11.3. The topological polar surface area (TPSA) is 91.7 Å². The van der Waals surface area contributed by atoms with Gasteiger partial charge in [-0.15, -0.1) is 0 Å². The molecule has 0 fully saturated rings. The van der Waals surface area contributed by atoms with Gasteiger partial charge in [0, 0.05) is 0 Å². The second-order valence-electron chi connectivity index (χ2n) is 2.43. The van der Waals surface area contributed by atoms with E-state index in [0.717, 1.165) is 0 Å². The summed E-state index contributed by atoms with van der Waals surface area (Å²) in [6.45, 7) is 6.73. The predicted octanol–water partition coefficient (Wildman–Crippen LogP) is 1.14. The second-order valence-corrected chi connectivity index (χ2v) is 2.43. The van der Waals surface area contributed by atoms with Crippen molar-refractivity contribution in [2.45, 2.75) is 13.8 Å². The summed E-state index contributed by atoms with van der Waals surface area (Å²) in [5, 5.41) is 9.16. The highest BCUT2D eigenvalue weighted by Gasteiger charge is 2.20. The van der Waals surface area contributed by atoms with E-state index in [-0.39, 0.29) is 18.9 Å². The Kier molecular flexibility index (Phi) is 6.12. The van der Waals surface area contributed by atoms with Crippen LogP contribution in [-0.4, -0.2) is 30.4 Å². The van der Waals surface area contributed by atoms with Crippen LogP contribution in [0.2, 0.25) is 0 Å². The molecule has 0 saturated heterocycles. The van der Waals surface area contributed by atoms with E-state index in [1.54, 1.807) is 19.9 Å². The quantitative estimate of drug-likeness (QED) is 0.576. The number of rotatable bonds is 3. The first-order valence-corrected chi connectivity index (χ1v) is 4.56. The number of nitriles is 1. The Morgan fingerprint density at radius 2 is 1.94 bits per heavy atom. The zero-order valence-electron chi connectivity index (χ0n) is 9.15. The zero-order chi connectivity index (χ0) is 12.6. The van der Waals surface area contributed by atoms with Gasteiger partial charge >= 0.3 is 12.2 Å². The monoisotopic (exact) mass is 227 g/mol. The first kappa shape index (κ1) is 13.8. The van der Waals surface area contributed by atoms with E-state index in [9.17, 15) is 9.59 Å². The summed E-state index contributed by atoms with van der Waals surface area (Å²) in [6, 6.07) is 1.61. The fraction of sp³-hybridized carbons (Fsp3) is 0.444. The third-order valence-corrected chi connectivity index (χ3v) is 1.33. The third kappa shape index (κ3) is 4.32. The molecule has 0 aromatic carbocycles. The van der Waals surface area contributed by atoms with Crippen LogP contribution in [-0.2, 0) is 9.47 Å². The highest BCUT2D eigenvalue weighted by Crippen LogP contribution is 2.00. The summed E-state index contributed by atoms with van der Waals surface area (Å²) >= 11 is 0. The minimum absolute atomic E-state index is 0.110. The number of ether oxygens (including phenoxy) is 2. The molecule has 0 aromatic rings. The molecule has 0 aliphatic rings. The largest absolute Gasteiger partial charge is 0.449 e. The molecule has 0 rings (SSSR count). The zero-order valence-corrected chi connectivity index (χ0v) is 9.15. The summed E-state index contributed by atoms with van der Waals surface area (Å²) in [4.78, 5) is 22.4. The Balaban J connectivity index is 4.57.